The lowest BCUT2D eigenvalue weighted by Crippen LogP contribution is -2.56. The summed E-state index contributed by atoms with van der Waals surface area (Å²) < 4.78 is 11.8. The number of H-pyrrole nitrogens is 1. The first-order valence-corrected chi connectivity index (χ1v) is 10.5. The molecule has 6 rings (SSSR count). The number of likely N-dealkylation sites (tertiary alicyclic amines) is 1. The van der Waals surface area contributed by atoms with E-state index < -0.39 is 6.10 Å². The number of hydrogen-bond donors (Lipinski definition) is 1. The van der Waals surface area contributed by atoms with Gasteiger partial charge in [0.2, 0.25) is 6.10 Å². The van der Waals surface area contributed by atoms with Gasteiger partial charge in [-0.2, -0.15) is 0 Å². The van der Waals surface area contributed by atoms with Crippen molar-refractivity contribution in [2.45, 2.75) is 37.5 Å². The predicted molar refractivity (Wildman–Crippen MR) is 111 cm³/mol. The fraction of sp³-hybridized carbons (Fsp3) is 0.409. The molecule has 3 aromatic rings. The summed E-state index contributed by atoms with van der Waals surface area (Å²) in [6, 6.07) is 9.96. The van der Waals surface area contributed by atoms with E-state index in [1.165, 1.54) is 0 Å². The van der Waals surface area contributed by atoms with Crippen LogP contribution in [-0.4, -0.2) is 63.6 Å². The van der Waals surface area contributed by atoms with Crippen molar-refractivity contribution in [1.82, 2.24) is 19.9 Å². The van der Waals surface area contributed by atoms with E-state index in [1.54, 1.807) is 6.33 Å². The van der Waals surface area contributed by atoms with E-state index in [1.807, 2.05) is 41.4 Å². The van der Waals surface area contributed by atoms with Gasteiger partial charge < -0.3 is 24.3 Å². The number of nitrogens with one attached hydrogen (secondary N) is 1. The van der Waals surface area contributed by atoms with Crippen LogP contribution in [0.25, 0.3) is 11.0 Å². The van der Waals surface area contributed by atoms with Gasteiger partial charge in [0.25, 0.3) is 5.91 Å². The average Bonchev–Trinajstić information content (AvgIpc) is 3.45. The highest BCUT2D eigenvalue weighted by molar-refractivity contribution is 5.88. The number of aromatic amines is 1. The van der Waals surface area contributed by atoms with E-state index in [2.05, 4.69) is 19.9 Å². The van der Waals surface area contributed by atoms with E-state index in [0.29, 0.717) is 11.5 Å². The number of aromatic nitrogens is 3. The Morgan fingerprint density at radius 3 is 2.90 bits per heavy atom. The normalized spacial score (nSPS) is 25.4. The number of carbonyl (C=O) groups is 1. The summed E-state index contributed by atoms with van der Waals surface area (Å²) in [7, 11) is 0. The van der Waals surface area contributed by atoms with Gasteiger partial charge in [0, 0.05) is 19.3 Å². The smallest absolute Gasteiger partial charge is 0.267 e. The van der Waals surface area contributed by atoms with E-state index in [0.717, 1.165) is 49.2 Å². The van der Waals surface area contributed by atoms with Crippen LogP contribution in [0.2, 0.25) is 0 Å². The molecule has 3 atom stereocenters. The quantitative estimate of drug-likeness (QED) is 0.705. The Morgan fingerprint density at radius 2 is 1.97 bits per heavy atom. The van der Waals surface area contributed by atoms with Gasteiger partial charge in [-0.05, 0) is 37.5 Å². The lowest BCUT2D eigenvalue weighted by molar-refractivity contribution is -0.145. The molecule has 1 unspecified atom stereocenters. The zero-order valence-corrected chi connectivity index (χ0v) is 16.5. The molecule has 8 nitrogen and oxygen atoms in total. The molecule has 1 aromatic carbocycles. The third-order valence-electron chi connectivity index (χ3n) is 6.48. The van der Waals surface area contributed by atoms with Crippen LogP contribution in [0, 0.1) is 0 Å². The van der Waals surface area contributed by atoms with Gasteiger partial charge in [0.15, 0.2) is 11.5 Å². The van der Waals surface area contributed by atoms with E-state index >= 15 is 0 Å². The molecule has 0 saturated carbocycles. The van der Waals surface area contributed by atoms with Crippen LogP contribution >= 0.6 is 0 Å². The molecule has 3 aliphatic heterocycles. The summed E-state index contributed by atoms with van der Waals surface area (Å²) >= 11 is 0. The van der Waals surface area contributed by atoms with Gasteiger partial charge in [-0.25, -0.2) is 9.97 Å². The molecule has 2 saturated heterocycles. The van der Waals surface area contributed by atoms with Crippen molar-refractivity contribution in [3.63, 3.8) is 0 Å². The van der Waals surface area contributed by atoms with Crippen LogP contribution in [0.15, 0.2) is 42.9 Å². The Labute approximate surface area is 173 Å². The van der Waals surface area contributed by atoms with Crippen molar-refractivity contribution in [3.05, 3.63) is 42.9 Å². The minimum atomic E-state index is -0.594. The number of rotatable bonds is 2. The lowest BCUT2D eigenvalue weighted by Gasteiger charge is -2.41. The molecule has 30 heavy (non-hydrogen) atoms. The highest BCUT2D eigenvalue weighted by Crippen LogP contribution is 2.37. The minimum Gasteiger partial charge on any atom is -0.485 e. The van der Waals surface area contributed by atoms with Crippen LogP contribution in [-0.2, 0) is 4.79 Å². The fourth-order valence-electron chi connectivity index (χ4n) is 5.14. The summed E-state index contributed by atoms with van der Waals surface area (Å²) in [5.41, 5.74) is 0.846. The highest BCUT2D eigenvalue weighted by Gasteiger charge is 2.45. The number of para-hydroxylation sites is 2. The SMILES string of the molecule is O=C(C1COc2ccccc2O1)N1CCC[C@@H]2[C@H]1CCN2c1ncnc2[nH]ccc12. The molecular weight excluding hydrogens is 382 g/mol. The van der Waals surface area contributed by atoms with E-state index in [4.69, 9.17) is 9.47 Å². The number of amides is 1. The van der Waals surface area contributed by atoms with Crippen LogP contribution in [0.1, 0.15) is 19.3 Å². The molecule has 2 fully saturated rings. The Bertz CT molecular complexity index is 1100. The van der Waals surface area contributed by atoms with Gasteiger partial charge in [-0.15, -0.1) is 0 Å². The summed E-state index contributed by atoms with van der Waals surface area (Å²) in [6.45, 7) is 1.89. The second-order valence-corrected chi connectivity index (χ2v) is 8.09. The first kappa shape index (κ1) is 17.6. The van der Waals surface area contributed by atoms with Crippen molar-refractivity contribution < 1.29 is 14.3 Å². The maximum Gasteiger partial charge on any atom is 0.267 e. The summed E-state index contributed by atoms with van der Waals surface area (Å²) in [5.74, 6) is 2.31. The highest BCUT2D eigenvalue weighted by atomic mass is 16.6. The molecule has 3 aliphatic rings. The number of anilines is 1. The molecule has 1 N–H and O–H groups in total. The molecule has 2 aromatic heterocycles. The zero-order valence-electron chi connectivity index (χ0n) is 16.5. The van der Waals surface area contributed by atoms with Crippen molar-refractivity contribution in [1.29, 1.82) is 0 Å². The van der Waals surface area contributed by atoms with Crippen LogP contribution in [0.5, 0.6) is 11.5 Å². The number of carbonyl (C=O) groups excluding carboxylic acids is 1. The molecule has 0 radical (unpaired) electrons. The van der Waals surface area contributed by atoms with E-state index in [-0.39, 0.29) is 24.6 Å². The standard InChI is InChI=1S/C22H23N5O3/c28-22(19-12-29-17-5-1-2-6-18(17)30-19)27-10-3-4-15-16(27)8-11-26(15)21-14-7-9-23-20(14)24-13-25-21/h1-2,5-7,9,13,15-16,19H,3-4,8,10-12H2,(H,23,24,25)/t15-,16-,19?/m1/s1. The second-order valence-electron chi connectivity index (χ2n) is 8.09. The number of fused-ring (bicyclic) bond motifs is 3. The largest absolute Gasteiger partial charge is 0.485 e. The molecule has 0 spiro atoms. The molecule has 8 heteroatoms. The number of hydrogen-bond acceptors (Lipinski definition) is 6. The number of benzene rings is 1. The summed E-state index contributed by atoms with van der Waals surface area (Å²) in [6.07, 6.45) is 5.85. The Kier molecular flexibility index (Phi) is 4.04. The van der Waals surface area contributed by atoms with Crippen molar-refractivity contribution in [2.24, 2.45) is 0 Å². The van der Waals surface area contributed by atoms with Gasteiger partial charge in [0.1, 0.15) is 24.4 Å². The number of piperidine rings is 1. The molecule has 5 heterocycles. The summed E-state index contributed by atoms with van der Waals surface area (Å²) in [4.78, 5) is 29.8. The van der Waals surface area contributed by atoms with E-state index in [9.17, 15) is 4.79 Å². The van der Waals surface area contributed by atoms with Crippen molar-refractivity contribution in [2.75, 3.05) is 24.6 Å². The number of nitrogens with zero attached hydrogens (tertiary/aromatic N) is 4. The molecule has 0 bridgehead atoms. The van der Waals surface area contributed by atoms with Crippen molar-refractivity contribution >= 4 is 22.8 Å². The monoisotopic (exact) mass is 405 g/mol. The molecule has 0 aliphatic carbocycles. The fourth-order valence-corrected chi connectivity index (χ4v) is 5.14. The molecule has 1 amide bonds. The van der Waals surface area contributed by atoms with Crippen molar-refractivity contribution in [3.8, 4) is 11.5 Å². The van der Waals surface area contributed by atoms with Gasteiger partial charge in [-0.1, -0.05) is 12.1 Å². The maximum absolute atomic E-state index is 13.4. The Balaban J connectivity index is 1.24. The topological polar surface area (TPSA) is 83.6 Å². The summed E-state index contributed by atoms with van der Waals surface area (Å²) in [5, 5.41) is 1.03. The van der Waals surface area contributed by atoms with Gasteiger partial charge in [-0.3, -0.25) is 4.79 Å². The number of ether oxygens (including phenoxy) is 2. The van der Waals surface area contributed by atoms with Crippen LogP contribution in [0.4, 0.5) is 5.82 Å². The second kappa shape index (κ2) is 6.90. The Hall–Kier alpha value is -3.29. The van der Waals surface area contributed by atoms with Crippen LogP contribution in [0.3, 0.4) is 0 Å². The minimum absolute atomic E-state index is 0.0236. The average molecular weight is 405 g/mol. The maximum atomic E-state index is 13.4. The first-order chi connectivity index (χ1) is 14.8. The first-order valence-electron chi connectivity index (χ1n) is 10.5. The molecular formula is C22H23N5O3. The van der Waals surface area contributed by atoms with Crippen LogP contribution < -0.4 is 14.4 Å². The third-order valence-corrected chi connectivity index (χ3v) is 6.48. The lowest BCUT2D eigenvalue weighted by atomic mass is 9.96. The molecule has 154 valence electrons. The van der Waals surface area contributed by atoms with Gasteiger partial charge in [0.05, 0.1) is 17.5 Å². The van der Waals surface area contributed by atoms with Gasteiger partial charge >= 0.3 is 0 Å². The zero-order chi connectivity index (χ0) is 20.1. The Morgan fingerprint density at radius 1 is 1.07 bits per heavy atom. The third kappa shape index (κ3) is 2.70. The predicted octanol–water partition coefficient (Wildman–Crippen LogP) is 2.37.